The van der Waals surface area contributed by atoms with Gasteiger partial charge < -0.3 is 0 Å². The van der Waals surface area contributed by atoms with Crippen molar-refractivity contribution < 1.29 is 52.5 Å². The van der Waals surface area contributed by atoms with E-state index < -0.39 is 41.3 Å². The van der Waals surface area contributed by atoms with E-state index in [4.69, 9.17) is 4.55 Å². The summed E-state index contributed by atoms with van der Waals surface area (Å²) in [5, 5.41) is -2.74. The maximum absolute atomic E-state index is 12.2. The van der Waals surface area contributed by atoms with Crippen molar-refractivity contribution in [1.29, 1.82) is 0 Å². The largest absolute Gasteiger partial charge is 0.460 e. The van der Waals surface area contributed by atoms with Crippen LogP contribution in [-0.4, -0.2) is 36.2 Å². The van der Waals surface area contributed by atoms with E-state index in [1.165, 1.54) is 47.2 Å². The predicted molar refractivity (Wildman–Crippen MR) is 141 cm³/mol. The smallest absolute Gasteiger partial charge is 0.281 e. The molecule has 3 aromatic carbocycles. The highest BCUT2D eigenvalue weighted by atomic mass is 32.2. The average molecular weight is 633 g/mol. The molecule has 41 heavy (non-hydrogen) atoms. The summed E-state index contributed by atoms with van der Waals surface area (Å²) in [7, 11) is -7.64. The van der Waals surface area contributed by atoms with Gasteiger partial charge in [-0.25, -0.2) is 0 Å². The second kappa shape index (κ2) is 13.6. The minimum absolute atomic E-state index is 0.474. The Morgan fingerprint density at radius 2 is 1.05 bits per heavy atom. The zero-order valence-electron chi connectivity index (χ0n) is 21.4. The van der Waals surface area contributed by atoms with E-state index in [9.17, 15) is 47.9 Å². The number of rotatable bonds is 10. The Morgan fingerprint density at radius 3 is 1.41 bits per heavy atom. The molecule has 0 heterocycles. The van der Waals surface area contributed by atoms with Crippen molar-refractivity contribution >= 4 is 34.0 Å². The van der Waals surface area contributed by atoms with Gasteiger partial charge in [-0.3, -0.25) is 4.55 Å². The lowest BCUT2D eigenvalue weighted by Crippen LogP contribution is -2.63. The first-order valence-electron chi connectivity index (χ1n) is 12.0. The van der Waals surface area contributed by atoms with Gasteiger partial charge in [-0.2, -0.15) is 47.9 Å². The van der Waals surface area contributed by atoms with Crippen LogP contribution in [0.15, 0.2) is 84.9 Å². The molecule has 226 valence electrons. The molecule has 0 aliphatic rings. The van der Waals surface area contributed by atoms with E-state index in [0.717, 1.165) is 0 Å². The van der Waals surface area contributed by atoms with Gasteiger partial charge in [-0.1, -0.05) is 105 Å². The Labute approximate surface area is 232 Å². The molecule has 3 rings (SSSR count). The number of halogens is 9. The Hall–Kier alpha value is -2.63. The number of benzene rings is 3. The fraction of sp³-hybridized carbons (Fsp3) is 0.333. The maximum atomic E-state index is 12.2. The molecule has 0 amide bonds. The lowest BCUT2D eigenvalue weighted by atomic mass is 10.1. The minimum atomic E-state index is -7.37. The molecule has 0 unspecified atom stereocenters. The van der Waals surface area contributed by atoms with Gasteiger partial charge in [0.25, 0.3) is 0 Å². The third kappa shape index (κ3) is 8.02. The van der Waals surface area contributed by atoms with Crippen molar-refractivity contribution in [3.05, 3.63) is 90.5 Å². The van der Waals surface area contributed by atoms with Crippen molar-refractivity contribution in [2.45, 2.75) is 55.9 Å². The van der Waals surface area contributed by atoms with Crippen molar-refractivity contribution in [1.82, 2.24) is 0 Å². The van der Waals surface area contributed by atoms with Crippen LogP contribution in [0.25, 0.3) is 0 Å². The van der Waals surface area contributed by atoms with E-state index >= 15 is 0 Å². The van der Waals surface area contributed by atoms with E-state index in [1.54, 1.807) is 0 Å². The fourth-order valence-corrected chi connectivity index (χ4v) is 6.25. The molecule has 0 fully saturated rings. The summed E-state index contributed by atoms with van der Waals surface area (Å²) in [5.41, 5.74) is 1.46. The van der Waals surface area contributed by atoms with Gasteiger partial charge in [0.05, 0.1) is 0 Å². The first kappa shape index (κ1) is 34.6. The maximum Gasteiger partial charge on any atom is 0.460 e. The summed E-state index contributed by atoms with van der Waals surface area (Å²) in [6, 6.07) is 31.1. The summed E-state index contributed by atoms with van der Waals surface area (Å²) < 4.78 is 134. The first-order chi connectivity index (χ1) is 18.9. The topological polar surface area (TPSA) is 54.4 Å². The summed E-state index contributed by atoms with van der Waals surface area (Å²) in [5.74, 6) is -14.7. The number of alkyl halides is 9. The molecule has 3 nitrogen and oxygen atoms in total. The van der Waals surface area contributed by atoms with Gasteiger partial charge in [-0.05, 0) is 42.2 Å². The Kier molecular flexibility index (Phi) is 11.4. The van der Waals surface area contributed by atoms with Crippen LogP contribution in [0.5, 0.6) is 0 Å². The van der Waals surface area contributed by atoms with Crippen molar-refractivity contribution in [3.8, 4) is 0 Å². The van der Waals surface area contributed by atoms with Crippen molar-refractivity contribution in [2.24, 2.45) is 0 Å². The molecule has 1 N–H and O–H groups in total. The van der Waals surface area contributed by atoms with Crippen LogP contribution in [0.4, 0.5) is 39.5 Å². The molecule has 0 aliphatic heterocycles. The summed E-state index contributed by atoms with van der Waals surface area (Å²) in [6.07, 6.45) is -2.04. The molecule has 0 atom stereocenters. The molecular weight excluding hydrogens is 606 g/mol. The quantitative estimate of drug-likeness (QED) is 0.109. The van der Waals surface area contributed by atoms with Crippen LogP contribution in [0.3, 0.4) is 0 Å². The third-order valence-corrected chi connectivity index (χ3v) is 9.08. The third-order valence-electron chi connectivity index (χ3n) is 5.73. The van der Waals surface area contributed by atoms with Gasteiger partial charge in [0, 0.05) is 0 Å². The summed E-state index contributed by atoms with van der Waals surface area (Å²) in [4.78, 5) is 0. The zero-order chi connectivity index (χ0) is 31.1. The molecule has 0 aromatic heterocycles. The first-order valence-corrected chi connectivity index (χ1v) is 14.8. The Morgan fingerprint density at radius 1 is 0.634 bits per heavy atom. The number of aryl methyl sites for hydroxylation is 1. The normalized spacial score (nSPS) is 13.1. The SMILES string of the molecule is CCCCCc1ccc(P(c2ccccc2)c2ccccc2)cc1.O=S(=O)(O)C(F)(F)C(F)(F)C(F)(F)C(F)(F)F. The number of hydrogen-bond acceptors (Lipinski definition) is 2. The highest BCUT2D eigenvalue weighted by molar-refractivity contribution is 7.87. The molecular formula is C27H26F9O3PS. The van der Waals surface area contributed by atoms with Crippen LogP contribution in [0.1, 0.15) is 31.7 Å². The highest BCUT2D eigenvalue weighted by Gasteiger charge is 2.85. The minimum Gasteiger partial charge on any atom is -0.281 e. The van der Waals surface area contributed by atoms with Crippen molar-refractivity contribution in [3.63, 3.8) is 0 Å². The van der Waals surface area contributed by atoms with Gasteiger partial charge in [-0.15, -0.1) is 0 Å². The molecule has 0 saturated carbocycles. The second-order valence-corrected chi connectivity index (χ2v) is 12.5. The van der Waals surface area contributed by atoms with E-state index in [1.807, 2.05) is 0 Å². The molecule has 0 aliphatic carbocycles. The fourth-order valence-electron chi connectivity index (χ4n) is 3.51. The average Bonchev–Trinajstić information content (AvgIpc) is 2.90. The van der Waals surface area contributed by atoms with E-state index in [-0.39, 0.29) is 0 Å². The number of unbranched alkanes of at least 4 members (excludes halogenated alkanes) is 2. The van der Waals surface area contributed by atoms with Crippen LogP contribution in [0.2, 0.25) is 0 Å². The van der Waals surface area contributed by atoms with Gasteiger partial charge in [0.15, 0.2) is 0 Å². The molecule has 0 radical (unpaired) electrons. The molecule has 0 spiro atoms. The molecule has 0 saturated heterocycles. The molecule has 14 heteroatoms. The van der Waals surface area contributed by atoms with Gasteiger partial charge in [0.1, 0.15) is 0 Å². The standard InChI is InChI=1S/C23H25P.C4HF9O3S/c1-2-3-6-11-20-16-18-23(19-17-20)24(21-12-7-4-8-13-21)22-14-9-5-10-15-22;5-1(6,3(9,10)11)2(7,8)4(12,13)17(14,15)16/h4-5,7-10,12-19H,2-3,6,11H2,1H3;(H,14,15,16). The second-order valence-electron chi connectivity index (χ2n) is 8.77. The summed E-state index contributed by atoms with van der Waals surface area (Å²) >= 11 is 0. The number of hydrogen-bond donors (Lipinski definition) is 1. The molecule has 0 bridgehead atoms. The van der Waals surface area contributed by atoms with Crippen LogP contribution < -0.4 is 15.9 Å². The van der Waals surface area contributed by atoms with Crippen LogP contribution in [0, 0.1) is 0 Å². The van der Waals surface area contributed by atoms with Gasteiger partial charge >= 0.3 is 33.4 Å². The monoisotopic (exact) mass is 632 g/mol. The van der Waals surface area contributed by atoms with E-state index in [2.05, 4.69) is 91.9 Å². The molecule has 3 aromatic rings. The predicted octanol–water partition coefficient (Wildman–Crippen LogP) is 7.48. The van der Waals surface area contributed by atoms with Crippen LogP contribution >= 0.6 is 7.92 Å². The Balaban J connectivity index is 0.000000307. The van der Waals surface area contributed by atoms with E-state index in [0.29, 0.717) is 0 Å². The summed E-state index contributed by atoms with van der Waals surface area (Å²) in [6.45, 7) is 2.26. The Bertz CT molecular complexity index is 1290. The van der Waals surface area contributed by atoms with Crippen LogP contribution in [-0.2, 0) is 16.5 Å². The highest BCUT2D eigenvalue weighted by Crippen LogP contribution is 2.54. The van der Waals surface area contributed by atoms with Crippen molar-refractivity contribution in [2.75, 3.05) is 0 Å². The lowest BCUT2D eigenvalue weighted by molar-refractivity contribution is -0.382. The van der Waals surface area contributed by atoms with Gasteiger partial charge in [0.2, 0.25) is 0 Å². The lowest BCUT2D eigenvalue weighted by Gasteiger charge is -2.31. The zero-order valence-corrected chi connectivity index (χ0v) is 23.1.